The minimum Gasteiger partial charge on any atom is -0.339 e. The summed E-state index contributed by atoms with van der Waals surface area (Å²) >= 11 is 0. The molecule has 19 heavy (non-hydrogen) atoms. The van der Waals surface area contributed by atoms with Gasteiger partial charge in [-0.2, -0.15) is 0 Å². The number of carbonyl (C=O) groups excluding carboxylic acids is 1. The van der Waals surface area contributed by atoms with Crippen molar-refractivity contribution in [2.45, 2.75) is 19.5 Å². The molecular weight excluding hydrogens is 245 g/mol. The van der Waals surface area contributed by atoms with Gasteiger partial charge in [-0.05, 0) is 13.0 Å². The van der Waals surface area contributed by atoms with E-state index in [0.717, 1.165) is 13.1 Å². The Labute approximate surface area is 113 Å². The number of halogens is 1. The van der Waals surface area contributed by atoms with Crippen LogP contribution in [0.25, 0.3) is 0 Å². The molecule has 1 aromatic carbocycles. The summed E-state index contributed by atoms with van der Waals surface area (Å²) in [5.41, 5.74) is 6.29. The number of nitrogens with zero attached hydrogens (tertiary/aromatic N) is 2. The van der Waals surface area contributed by atoms with E-state index in [9.17, 15) is 9.18 Å². The highest BCUT2D eigenvalue weighted by Crippen LogP contribution is 2.12. The summed E-state index contributed by atoms with van der Waals surface area (Å²) in [5, 5.41) is 0. The Bertz CT molecular complexity index is 442. The second-order valence-electron chi connectivity index (χ2n) is 4.98. The largest absolute Gasteiger partial charge is 0.339 e. The van der Waals surface area contributed by atoms with Crippen LogP contribution in [-0.4, -0.2) is 47.9 Å². The zero-order valence-corrected chi connectivity index (χ0v) is 11.2. The van der Waals surface area contributed by atoms with E-state index in [0.29, 0.717) is 25.2 Å². The molecule has 0 bridgehead atoms. The molecule has 2 N–H and O–H groups in total. The van der Waals surface area contributed by atoms with Gasteiger partial charge in [-0.1, -0.05) is 18.2 Å². The van der Waals surface area contributed by atoms with Crippen LogP contribution >= 0.6 is 0 Å². The van der Waals surface area contributed by atoms with Crippen LogP contribution in [0, 0.1) is 5.82 Å². The van der Waals surface area contributed by atoms with E-state index >= 15 is 0 Å². The summed E-state index contributed by atoms with van der Waals surface area (Å²) in [5.74, 6) is -0.179. The third kappa shape index (κ3) is 3.52. The van der Waals surface area contributed by atoms with Crippen LogP contribution in [0.5, 0.6) is 0 Å². The Morgan fingerprint density at radius 3 is 2.53 bits per heavy atom. The fourth-order valence-corrected chi connectivity index (χ4v) is 2.28. The van der Waals surface area contributed by atoms with Crippen molar-refractivity contribution in [3.05, 3.63) is 35.6 Å². The van der Waals surface area contributed by atoms with Crippen molar-refractivity contribution in [2.24, 2.45) is 5.73 Å². The maximum atomic E-state index is 13.5. The molecular formula is C14H20FN3O. The first-order chi connectivity index (χ1) is 9.08. The Morgan fingerprint density at radius 2 is 1.95 bits per heavy atom. The Kier molecular flexibility index (Phi) is 4.50. The Morgan fingerprint density at radius 1 is 1.32 bits per heavy atom. The SMILES string of the molecule is C[C@H](N)C(=O)N1CCN(Cc2ccccc2F)CC1. The lowest BCUT2D eigenvalue weighted by Gasteiger charge is -2.35. The first-order valence-corrected chi connectivity index (χ1v) is 6.58. The van der Waals surface area contributed by atoms with Crippen LogP contribution in [0.15, 0.2) is 24.3 Å². The number of hydrogen-bond acceptors (Lipinski definition) is 3. The molecule has 1 aliphatic rings. The molecule has 2 rings (SSSR count). The quantitative estimate of drug-likeness (QED) is 0.880. The van der Waals surface area contributed by atoms with Gasteiger partial charge in [0.15, 0.2) is 0 Å². The van der Waals surface area contributed by atoms with Crippen LogP contribution in [0.4, 0.5) is 4.39 Å². The minimum absolute atomic E-state index is 0.00876. The molecule has 1 aliphatic heterocycles. The summed E-state index contributed by atoms with van der Waals surface area (Å²) in [6, 6.07) is 6.37. The van der Waals surface area contributed by atoms with Gasteiger partial charge >= 0.3 is 0 Å². The number of benzene rings is 1. The number of piperazine rings is 1. The van der Waals surface area contributed by atoms with E-state index < -0.39 is 6.04 Å². The lowest BCUT2D eigenvalue weighted by Crippen LogP contribution is -2.52. The average molecular weight is 265 g/mol. The van der Waals surface area contributed by atoms with Crippen LogP contribution in [0.1, 0.15) is 12.5 Å². The summed E-state index contributed by atoms with van der Waals surface area (Å²) in [7, 11) is 0. The van der Waals surface area contributed by atoms with E-state index in [1.165, 1.54) is 6.07 Å². The van der Waals surface area contributed by atoms with E-state index in [2.05, 4.69) is 4.90 Å². The van der Waals surface area contributed by atoms with Crippen LogP contribution in [0.3, 0.4) is 0 Å². The molecule has 4 nitrogen and oxygen atoms in total. The third-order valence-electron chi connectivity index (χ3n) is 3.43. The Hall–Kier alpha value is -1.46. The van der Waals surface area contributed by atoms with Crippen molar-refractivity contribution in [1.29, 1.82) is 0 Å². The van der Waals surface area contributed by atoms with Gasteiger partial charge in [-0.15, -0.1) is 0 Å². The highest BCUT2D eigenvalue weighted by Gasteiger charge is 2.23. The zero-order chi connectivity index (χ0) is 13.8. The molecule has 104 valence electrons. The summed E-state index contributed by atoms with van der Waals surface area (Å²) < 4.78 is 13.5. The summed E-state index contributed by atoms with van der Waals surface area (Å²) in [6.45, 7) is 5.13. The van der Waals surface area contributed by atoms with Gasteiger partial charge < -0.3 is 10.6 Å². The lowest BCUT2D eigenvalue weighted by molar-refractivity contribution is -0.134. The second kappa shape index (κ2) is 6.12. The van der Waals surface area contributed by atoms with Crippen molar-refractivity contribution in [3.63, 3.8) is 0 Å². The molecule has 0 radical (unpaired) electrons. The van der Waals surface area contributed by atoms with Gasteiger partial charge in [0.25, 0.3) is 0 Å². The smallest absolute Gasteiger partial charge is 0.239 e. The van der Waals surface area contributed by atoms with Crippen LogP contribution in [-0.2, 0) is 11.3 Å². The molecule has 0 unspecified atom stereocenters. The predicted octanol–water partition coefficient (Wildman–Crippen LogP) is 0.817. The molecule has 0 aliphatic carbocycles. The van der Waals surface area contributed by atoms with E-state index in [1.807, 2.05) is 6.07 Å². The van der Waals surface area contributed by atoms with E-state index in [1.54, 1.807) is 24.0 Å². The number of hydrogen-bond donors (Lipinski definition) is 1. The molecule has 1 atom stereocenters. The maximum Gasteiger partial charge on any atom is 0.239 e. The van der Waals surface area contributed by atoms with Crippen molar-refractivity contribution in [2.75, 3.05) is 26.2 Å². The van der Waals surface area contributed by atoms with Gasteiger partial charge in [0, 0.05) is 38.3 Å². The van der Waals surface area contributed by atoms with E-state index in [-0.39, 0.29) is 11.7 Å². The molecule has 1 amide bonds. The summed E-state index contributed by atoms with van der Waals surface area (Å²) in [4.78, 5) is 15.7. The standard InChI is InChI=1S/C14H20FN3O/c1-11(16)14(19)18-8-6-17(7-9-18)10-12-4-2-3-5-13(12)15/h2-5,11H,6-10,16H2,1H3/t11-/m0/s1. The fourth-order valence-electron chi connectivity index (χ4n) is 2.28. The molecule has 1 saturated heterocycles. The minimum atomic E-state index is -0.446. The molecule has 1 aromatic rings. The van der Waals surface area contributed by atoms with Crippen LogP contribution in [0.2, 0.25) is 0 Å². The van der Waals surface area contributed by atoms with E-state index in [4.69, 9.17) is 5.73 Å². The molecule has 1 fully saturated rings. The van der Waals surface area contributed by atoms with Crippen molar-refractivity contribution in [1.82, 2.24) is 9.80 Å². The Balaban J connectivity index is 1.87. The normalized spacial score (nSPS) is 18.4. The first-order valence-electron chi connectivity index (χ1n) is 6.58. The molecule has 0 aromatic heterocycles. The first kappa shape index (κ1) is 14.0. The number of rotatable bonds is 3. The lowest BCUT2D eigenvalue weighted by atomic mass is 10.2. The predicted molar refractivity (Wildman–Crippen MR) is 71.9 cm³/mol. The van der Waals surface area contributed by atoms with Crippen molar-refractivity contribution < 1.29 is 9.18 Å². The van der Waals surface area contributed by atoms with Gasteiger partial charge in [-0.3, -0.25) is 9.69 Å². The van der Waals surface area contributed by atoms with Crippen molar-refractivity contribution >= 4 is 5.91 Å². The summed E-state index contributed by atoms with van der Waals surface area (Å²) in [6.07, 6.45) is 0. The maximum absolute atomic E-state index is 13.5. The second-order valence-corrected chi connectivity index (χ2v) is 4.98. The topological polar surface area (TPSA) is 49.6 Å². The number of carbonyl (C=O) groups is 1. The van der Waals surface area contributed by atoms with Gasteiger partial charge in [-0.25, -0.2) is 4.39 Å². The molecule has 1 heterocycles. The average Bonchev–Trinajstić information content (AvgIpc) is 2.41. The molecule has 0 saturated carbocycles. The van der Waals surface area contributed by atoms with Crippen molar-refractivity contribution in [3.8, 4) is 0 Å². The fraction of sp³-hybridized carbons (Fsp3) is 0.500. The van der Waals surface area contributed by atoms with Gasteiger partial charge in [0.2, 0.25) is 5.91 Å². The number of nitrogens with two attached hydrogens (primary N) is 1. The van der Waals surface area contributed by atoms with Gasteiger partial charge in [0.05, 0.1) is 6.04 Å². The number of amides is 1. The van der Waals surface area contributed by atoms with Crippen LogP contribution < -0.4 is 5.73 Å². The zero-order valence-electron chi connectivity index (χ0n) is 11.2. The van der Waals surface area contributed by atoms with Gasteiger partial charge in [0.1, 0.15) is 5.82 Å². The monoisotopic (exact) mass is 265 g/mol. The molecule has 0 spiro atoms. The molecule has 5 heteroatoms. The third-order valence-corrected chi connectivity index (χ3v) is 3.43. The highest BCUT2D eigenvalue weighted by molar-refractivity contribution is 5.81. The highest BCUT2D eigenvalue weighted by atomic mass is 19.1.